The highest BCUT2D eigenvalue weighted by Gasteiger charge is 2.41. The van der Waals surface area contributed by atoms with Gasteiger partial charge in [-0.3, -0.25) is 4.98 Å². The maximum absolute atomic E-state index is 11.0. The van der Waals surface area contributed by atoms with Crippen LogP contribution in [0.25, 0.3) is 0 Å². The minimum absolute atomic E-state index is 0.214. The molecular formula is C9H13N3O4S. The molecule has 0 aromatic carbocycles. The lowest BCUT2D eigenvalue weighted by Crippen LogP contribution is -2.36. The molecule has 0 spiro atoms. The Bertz CT molecular complexity index is 440. The third-order valence-electron chi connectivity index (χ3n) is 2.51. The molecule has 4 atom stereocenters. The van der Waals surface area contributed by atoms with Gasteiger partial charge in [-0.2, -0.15) is 0 Å². The maximum Gasteiger partial charge on any atom is 0.346 e. The largest absolute Gasteiger partial charge is 0.395 e. The van der Waals surface area contributed by atoms with E-state index in [9.17, 15) is 15.0 Å². The van der Waals surface area contributed by atoms with Gasteiger partial charge < -0.3 is 20.6 Å². The number of nitrogens with zero attached hydrogens (tertiary/aromatic N) is 1. The smallest absolute Gasteiger partial charge is 0.346 e. The predicted molar refractivity (Wildman–Crippen MR) is 62.7 cm³/mol. The number of nitrogens with one attached hydrogen (secondary N) is 2. The molecule has 1 aliphatic heterocycles. The Labute approximate surface area is 101 Å². The normalized spacial score (nSPS) is 32.6. The van der Waals surface area contributed by atoms with Crippen molar-refractivity contribution in [2.45, 2.75) is 22.8 Å². The average molecular weight is 259 g/mol. The van der Waals surface area contributed by atoms with Crippen LogP contribution in [0.5, 0.6) is 0 Å². The van der Waals surface area contributed by atoms with Crippen molar-refractivity contribution < 1.29 is 15.3 Å². The average Bonchev–Trinajstić information content (AvgIpc) is 2.57. The van der Waals surface area contributed by atoms with Crippen molar-refractivity contribution in [1.29, 1.82) is 0 Å². The molecule has 2 heterocycles. The zero-order chi connectivity index (χ0) is 12.4. The Morgan fingerprint density at radius 3 is 2.82 bits per heavy atom. The van der Waals surface area contributed by atoms with E-state index in [0.29, 0.717) is 5.82 Å². The van der Waals surface area contributed by atoms with Gasteiger partial charge in [0.2, 0.25) is 0 Å². The van der Waals surface area contributed by atoms with Gasteiger partial charge in [-0.25, -0.2) is 9.78 Å². The lowest BCUT2D eigenvalue weighted by atomic mass is 10.1. The van der Waals surface area contributed by atoms with Crippen LogP contribution in [0.3, 0.4) is 0 Å². The summed E-state index contributed by atoms with van der Waals surface area (Å²) in [7, 11) is 0. The summed E-state index contributed by atoms with van der Waals surface area (Å²) >= 11 is 1.22. The molecule has 0 amide bonds. The van der Waals surface area contributed by atoms with Crippen molar-refractivity contribution in [3.8, 4) is 0 Å². The van der Waals surface area contributed by atoms with Gasteiger partial charge in [0.25, 0.3) is 0 Å². The van der Waals surface area contributed by atoms with E-state index < -0.39 is 28.5 Å². The Kier molecular flexibility index (Phi) is 3.67. The first-order valence-corrected chi connectivity index (χ1v) is 6.00. The van der Waals surface area contributed by atoms with Crippen molar-refractivity contribution in [1.82, 2.24) is 9.97 Å². The SMILES string of the molecule is O=c1nccc(N[C@@H]2S[C@H](CO)[C@@H](O)[C@@H]2O)[nH]1. The van der Waals surface area contributed by atoms with Gasteiger partial charge in [0, 0.05) is 6.20 Å². The van der Waals surface area contributed by atoms with Crippen LogP contribution in [-0.2, 0) is 0 Å². The number of aromatic nitrogens is 2. The van der Waals surface area contributed by atoms with Crippen LogP contribution in [0.2, 0.25) is 0 Å². The second-order valence-electron chi connectivity index (χ2n) is 3.69. The van der Waals surface area contributed by atoms with E-state index in [2.05, 4.69) is 15.3 Å². The fourth-order valence-electron chi connectivity index (χ4n) is 1.62. The highest BCUT2D eigenvalue weighted by molar-refractivity contribution is 8.01. The second kappa shape index (κ2) is 5.05. The van der Waals surface area contributed by atoms with Gasteiger partial charge in [-0.1, -0.05) is 0 Å². The van der Waals surface area contributed by atoms with Crippen LogP contribution in [0.15, 0.2) is 17.1 Å². The van der Waals surface area contributed by atoms with Crippen LogP contribution in [0, 0.1) is 0 Å². The van der Waals surface area contributed by atoms with Gasteiger partial charge in [0.1, 0.15) is 17.3 Å². The van der Waals surface area contributed by atoms with Crippen LogP contribution in [0.1, 0.15) is 0 Å². The second-order valence-corrected chi connectivity index (χ2v) is 5.08. The van der Waals surface area contributed by atoms with Crippen molar-refractivity contribution in [2.75, 3.05) is 11.9 Å². The van der Waals surface area contributed by atoms with Gasteiger partial charge in [0.15, 0.2) is 0 Å². The van der Waals surface area contributed by atoms with E-state index >= 15 is 0 Å². The molecule has 0 saturated carbocycles. The van der Waals surface area contributed by atoms with Gasteiger partial charge in [-0.05, 0) is 6.07 Å². The van der Waals surface area contributed by atoms with Crippen LogP contribution in [0.4, 0.5) is 5.82 Å². The quantitative estimate of drug-likeness (QED) is 0.441. The number of aromatic amines is 1. The molecule has 1 saturated heterocycles. The minimum atomic E-state index is -1.01. The molecule has 94 valence electrons. The predicted octanol–water partition coefficient (Wildman–Crippen LogP) is -1.66. The number of H-pyrrole nitrogens is 1. The number of hydrogen-bond donors (Lipinski definition) is 5. The van der Waals surface area contributed by atoms with Crippen molar-refractivity contribution in [3.63, 3.8) is 0 Å². The molecule has 5 N–H and O–H groups in total. The molecule has 1 fully saturated rings. The Morgan fingerprint density at radius 1 is 1.47 bits per heavy atom. The molecule has 1 aromatic heterocycles. The first-order chi connectivity index (χ1) is 8.11. The first kappa shape index (κ1) is 12.4. The fraction of sp³-hybridized carbons (Fsp3) is 0.556. The maximum atomic E-state index is 11.0. The third-order valence-corrected chi connectivity index (χ3v) is 3.98. The van der Waals surface area contributed by atoms with Crippen LogP contribution in [-0.4, -0.2) is 54.7 Å². The number of thioether (sulfide) groups is 1. The zero-order valence-corrected chi connectivity index (χ0v) is 9.59. The molecule has 1 aromatic rings. The molecule has 8 heteroatoms. The zero-order valence-electron chi connectivity index (χ0n) is 8.78. The Morgan fingerprint density at radius 2 is 2.24 bits per heavy atom. The molecule has 2 rings (SSSR count). The van der Waals surface area contributed by atoms with Crippen molar-refractivity contribution >= 4 is 17.6 Å². The fourth-order valence-corrected chi connectivity index (χ4v) is 2.93. The monoisotopic (exact) mass is 259 g/mol. The molecule has 0 bridgehead atoms. The lowest BCUT2D eigenvalue weighted by Gasteiger charge is -2.17. The van der Waals surface area contributed by atoms with E-state index in [1.807, 2.05) is 0 Å². The summed E-state index contributed by atoms with van der Waals surface area (Å²) < 4.78 is 0. The third kappa shape index (κ3) is 2.60. The topological polar surface area (TPSA) is 118 Å². The number of anilines is 1. The number of hydrogen-bond acceptors (Lipinski definition) is 7. The summed E-state index contributed by atoms with van der Waals surface area (Å²) in [6.07, 6.45) is -0.655. The Balaban J connectivity index is 2.07. The van der Waals surface area contributed by atoms with E-state index in [-0.39, 0.29) is 6.61 Å². The number of aliphatic hydroxyl groups is 3. The minimum Gasteiger partial charge on any atom is -0.395 e. The number of rotatable bonds is 3. The summed E-state index contributed by atoms with van der Waals surface area (Å²) in [4.78, 5) is 16.9. The molecular weight excluding hydrogens is 246 g/mol. The van der Waals surface area contributed by atoms with Crippen molar-refractivity contribution in [3.05, 3.63) is 22.7 Å². The molecule has 17 heavy (non-hydrogen) atoms. The van der Waals surface area contributed by atoms with E-state index in [4.69, 9.17) is 5.11 Å². The van der Waals surface area contributed by atoms with Crippen LogP contribution < -0.4 is 11.0 Å². The van der Waals surface area contributed by atoms with Gasteiger partial charge in [-0.15, -0.1) is 11.8 Å². The summed E-state index contributed by atoms with van der Waals surface area (Å²) in [6, 6.07) is 1.55. The van der Waals surface area contributed by atoms with E-state index in [0.717, 1.165) is 0 Å². The van der Waals surface area contributed by atoms with E-state index in [1.54, 1.807) is 6.07 Å². The summed E-state index contributed by atoms with van der Waals surface area (Å²) in [6.45, 7) is -0.214. The molecule has 0 aliphatic carbocycles. The molecule has 0 radical (unpaired) electrons. The van der Waals surface area contributed by atoms with Crippen LogP contribution >= 0.6 is 11.8 Å². The summed E-state index contributed by atoms with van der Waals surface area (Å²) in [5, 5.41) is 30.3. The molecule has 1 aliphatic rings. The lowest BCUT2D eigenvalue weighted by molar-refractivity contribution is 0.0231. The standard InChI is InChI=1S/C9H13N3O4S/c13-3-4-6(14)7(15)8(17-4)11-5-1-2-10-9(16)12-5/h1-2,4,6-8,13-15H,3H2,(H2,10,11,12,16)/t4-,6-,7+,8-/m1/s1. The summed E-state index contributed by atoms with van der Waals surface area (Å²) in [5.74, 6) is 0.410. The van der Waals surface area contributed by atoms with Gasteiger partial charge in [0.05, 0.1) is 18.0 Å². The summed E-state index contributed by atoms with van der Waals surface area (Å²) in [5.41, 5.74) is -0.494. The first-order valence-electron chi connectivity index (χ1n) is 5.06. The van der Waals surface area contributed by atoms with Crippen molar-refractivity contribution in [2.24, 2.45) is 0 Å². The highest BCUT2D eigenvalue weighted by atomic mass is 32.2. The van der Waals surface area contributed by atoms with E-state index in [1.165, 1.54) is 18.0 Å². The Hall–Kier alpha value is -1.09. The number of aliphatic hydroxyl groups excluding tert-OH is 3. The molecule has 7 nitrogen and oxygen atoms in total. The molecule has 0 unspecified atom stereocenters. The highest BCUT2D eigenvalue weighted by Crippen LogP contribution is 2.34. The van der Waals surface area contributed by atoms with Gasteiger partial charge >= 0.3 is 5.69 Å².